The van der Waals surface area contributed by atoms with Crippen LogP contribution in [0.5, 0.6) is 11.5 Å². The fourth-order valence-electron chi connectivity index (χ4n) is 1.98. The molecule has 2 aromatic rings. The van der Waals surface area contributed by atoms with E-state index in [1.54, 1.807) is 19.1 Å². The molecule has 0 bridgehead atoms. The second-order valence-electron chi connectivity index (χ2n) is 4.91. The van der Waals surface area contributed by atoms with Crippen molar-refractivity contribution < 1.29 is 23.0 Å². The van der Waals surface area contributed by atoms with Gasteiger partial charge in [0, 0.05) is 12.7 Å². The molecule has 0 saturated heterocycles. The molecule has 0 fully saturated rings. The smallest absolute Gasteiger partial charge is 0.387 e. The van der Waals surface area contributed by atoms with Gasteiger partial charge in [-0.1, -0.05) is 6.07 Å². The van der Waals surface area contributed by atoms with Crippen LogP contribution >= 0.6 is 0 Å². The zero-order valence-corrected chi connectivity index (χ0v) is 13.3. The summed E-state index contributed by atoms with van der Waals surface area (Å²) in [4.78, 5) is 19.9. The molecule has 128 valence electrons. The molecule has 0 aliphatic carbocycles. The fourth-order valence-corrected chi connectivity index (χ4v) is 1.98. The van der Waals surface area contributed by atoms with Crippen molar-refractivity contribution in [1.29, 1.82) is 0 Å². The molecule has 1 aromatic heterocycles. The molecule has 1 heterocycles. The summed E-state index contributed by atoms with van der Waals surface area (Å²) in [6.07, 6.45) is 3.42. The van der Waals surface area contributed by atoms with Gasteiger partial charge < -0.3 is 14.8 Å². The van der Waals surface area contributed by atoms with Crippen molar-refractivity contribution in [3.05, 3.63) is 47.5 Å². The lowest BCUT2D eigenvalue weighted by Crippen LogP contribution is -2.26. The van der Waals surface area contributed by atoms with E-state index in [4.69, 9.17) is 4.74 Å². The number of carbonyl (C=O) groups is 1. The molecule has 0 aliphatic rings. The Morgan fingerprint density at radius 3 is 2.67 bits per heavy atom. The van der Waals surface area contributed by atoms with Gasteiger partial charge in [0.1, 0.15) is 5.69 Å². The molecule has 1 amide bonds. The molecule has 0 aliphatic heterocycles. The number of carbonyl (C=O) groups excluding carboxylic acids is 1. The molecule has 2 rings (SSSR count). The van der Waals surface area contributed by atoms with Gasteiger partial charge >= 0.3 is 6.61 Å². The number of nitrogens with one attached hydrogen (secondary N) is 1. The first-order valence-electron chi connectivity index (χ1n) is 7.18. The number of aryl methyl sites for hydroxylation is 1. The standard InChI is InChI=1S/C16H17F2N3O3/c1-10-8-21-12(9-20-10)15(22)19-6-5-11-3-4-13(24-16(17)18)14(7-11)23-2/h3-4,7-9,16H,5-6H2,1-2H3,(H,19,22). The van der Waals surface area contributed by atoms with Gasteiger partial charge in [-0.05, 0) is 31.0 Å². The Balaban J connectivity index is 1.92. The number of nitrogens with zero attached hydrogens (tertiary/aromatic N) is 2. The van der Waals surface area contributed by atoms with Crippen molar-refractivity contribution in [3.63, 3.8) is 0 Å². The molecule has 8 heteroatoms. The van der Waals surface area contributed by atoms with Crippen LogP contribution in [0.15, 0.2) is 30.6 Å². The maximum Gasteiger partial charge on any atom is 0.387 e. The maximum atomic E-state index is 12.3. The minimum atomic E-state index is -2.92. The number of benzene rings is 1. The number of hydrogen-bond acceptors (Lipinski definition) is 5. The lowest BCUT2D eigenvalue weighted by Gasteiger charge is -2.11. The normalized spacial score (nSPS) is 10.5. The maximum absolute atomic E-state index is 12.3. The van der Waals surface area contributed by atoms with E-state index in [1.807, 2.05) is 0 Å². The second-order valence-corrected chi connectivity index (χ2v) is 4.91. The highest BCUT2D eigenvalue weighted by Gasteiger charge is 2.11. The fraction of sp³-hybridized carbons (Fsp3) is 0.312. The summed E-state index contributed by atoms with van der Waals surface area (Å²) >= 11 is 0. The third-order valence-electron chi connectivity index (χ3n) is 3.16. The van der Waals surface area contributed by atoms with Crippen molar-refractivity contribution >= 4 is 5.91 Å². The van der Waals surface area contributed by atoms with Crippen molar-refractivity contribution in [3.8, 4) is 11.5 Å². The average Bonchev–Trinajstić information content (AvgIpc) is 2.56. The van der Waals surface area contributed by atoms with Crippen molar-refractivity contribution in [2.24, 2.45) is 0 Å². The van der Waals surface area contributed by atoms with Crippen molar-refractivity contribution in [2.75, 3.05) is 13.7 Å². The van der Waals surface area contributed by atoms with Crippen LogP contribution in [0.2, 0.25) is 0 Å². The van der Waals surface area contributed by atoms with Gasteiger partial charge in [0.2, 0.25) is 0 Å². The zero-order chi connectivity index (χ0) is 17.5. The Labute approximate surface area is 137 Å². The van der Waals surface area contributed by atoms with E-state index in [0.29, 0.717) is 13.0 Å². The Bertz CT molecular complexity index is 693. The number of halogens is 2. The summed E-state index contributed by atoms with van der Waals surface area (Å²) in [6.45, 7) is -0.782. The molecule has 0 spiro atoms. The molecular formula is C16H17F2N3O3. The summed E-state index contributed by atoms with van der Waals surface area (Å²) in [5.74, 6) is -0.147. The summed E-state index contributed by atoms with van der Waals surface area (Å²) in [5, 5.41) is 2.72. The van der Waals surface area contributed by atoms with Gasteiger partial charge in [-0.3, -0.25) is 9.78 Å². The van der Waals surface area contributed by atoms with Gasteiger partial charge in [-0.25, -0.2) is 4.98 Å². The van der Waals surface area contributed by atoms with Crippen molar-refractivity contribution in [2.45, 2.75) is 20.0 Å². The number of ether oxygens (including phenoxy) is 2. The van der Waals surface area contributed by atoms with E-state index in [1.165, 1.54) is 25.6 Å². The van der Waals surface area contributed by atoms with E-state index in [9.17, 15) is 13.6 Å². The van der Waals surface area contributed by atoms with Gasteiger partial charge in [0.15, 0.2) is 11.5 Å². The lowest BCUT2D eigenvalue weighted by molar-refractivity contribution is -0.0512. The monoisotopic (exact) mass is 337 g/mol. The number of alkyl halides is 2. The number of hydrogen-bond donors (Lipinski definition) is 1. The molecule has 0 radical (unpaired) electrons. The first-order valence-corrected chi connectivity index (χ1v) is 7.18. The Morgan fingerprint density at radius 1 is 1.25 bits per heavy atom. The Morgan fingerprint density at radius 2 is 2.04 bits per heavy atom. The number of amides is 1. The third kappa shape index (κ3) is 4.87. The zero-order valence-electron chi connectivity index (χ0n) is 13.3. The molecule has 1 N–H and O–H groups in total. The summed E-state index contributed by atoms with van der Waals surface area (Å²) in [5.41, 5.74) is 1.77. The highest BCUT2D eigenvalue weighted by molar-refractivity contribution is 5.91. The average molecular weight is 337 g/mol. The van der Waals surface area contributed by atoms with Crippen LogP contribution in [0.1, 0.15) is 21.7 Å². The summed E-state index contributed by atoms with van der Waals surface area (Å²) < 4.78 is 33.9. The van der Waals surface area contributed by atoms with E-state index < -0.39 is 6.61 Å². The SMILES string of the molecule is COc1cc(CCNC(=O)c2cnc(C)cn2)ccc1OC(F)F. The van der Waals surface area contributed by atoms with Crippen LogP contribution in [0.3, 0.4) is 0 Å². The van der Waals surface area contributed by atoms with Gasteiger partial charge in [-0.15, -0.1) is 0 Å². The minimum Gasteiger partial charge on any atom is -0.493 e. The first kappa shape index (κ1) is 17.6. The van der Waals surface area contributed by atoms with Crippen LogP contribution in [0, 0.1) is 6.92 Å². The second kappa shape index (κ2) is 8.19. The Hall–Kier alpha value is -2.77. The largest absolute Gasteiger partial charge is 0.493 e. The van der Waals surface area contributed by atoms with Gasteiger partial charge in [0.05, 0.1) is 19.0 Å². The van der Waals surface area contributed by atoms with Crippen LogP contribution in [0.25, 0.3) is 0 Å². The first-order chi connectivity index (χ1) is 11.5. The van der Waals surface area contributed by atoms with Gasteiger partial charge in [-0.2, -0.15) is 8.78 Å². The summed E-state index contributed by atoms with van der Waals surface area (Å²) in [6, 6.07) is 4.64. The van der Waals surface area contributed by atoms with Crippen molar-refractivity contribution in [1.82, 2.24) is 15.3 Å². The van der Waals surface area contributed by atoms with Gasteiger partial charge in [0.25, 0.3) is 5.91 Å². The molecular weight excluding hydrogens is 320 g/mol. The highest BCUT2D eigenvalue weighted by Crippen LogP contribution is 2.29. The van der Waals surface area contributed by atoms with Crippen LogP contribution in [-0.2, 0) is 6.42 Å². The number of rotatable bonds is 7. The lowest BCUT2D eigenvalue weighted by atomic mass is 10.1. The molecule has 1 aromatic carbocycles. The van der Waals surface area contributed by atoms with E-state index in [-0.39, 0.29) is 23.1 Å². The van der Waals surface area contributed by atoms with Crippen LogP contribution in [-0.4, -0.2) is 36.1 Å². The quantitative estimate of drug-likeness (QED) is 0.840. The molecule has 0 unspecified atom stereocenters. The third-order valence-corrected chi connectivity index (χ3v) is 3.16. The predicted molar refractivity (Wildman–Crippen MR) is 82.4 cm³/mol. The minimum absolute atomic E-state index is 0.0322. The number of aromatic nitrogens is 2. The van der Waals surface area contributed by atoms with Crippen LogP contribution < -0.4 is 14.8 Å². The summed E-state index contributed by atoms with van der Waals surface area (Å²) in [7, 11) is 1.37. The predicted octanol–water partition coefficient (Wildman–Crippen LogP) is 2.37. The highest BCUT2D eigenvalue weighted by atomic mass is 19.3. The van der Waals surface area contributed by atoms with E-state index >= 15 is 0 Å². The molecule has 24 heavy (non-hydrogen) atoms. The van der Waals surface area contributed by atoms with E-state index in [2.05, 4.69) is 20.0 Å². The molecule has 0 atom stereocenters. The molecule has 0 saturated carbocycles. The Kier molecular flexibility index (Phi) is 6.00. The topological polar surface area (TPSA) is 73.3 Å². The molecule has 6 nitrogen and oxygen atoms in total. The number of methoxy groups -OCH3 is 1. The van der Waals surface area contributed by atoms with Crippen LogP contribution in [0.4, 0.5) is 8.78 Å². The van der Waals surface area contributed by atoms with E-state index in [0.717, 1.165) is 11.3 Å².